The molecule has 0 aliphatic heterocycles. The summed E-state index contributed by atoms with van der Waals surface area (Å²) in [5.74, 6) is -0.406. The zero-order chi connectivity index (χ0) is 17.2. The SMILES string of the molecule is Cc1nn(CCNC(=O)c2ccc(C(F)(F)F)cc2)c(C)c1C. The number of nitrogens with zero attached hydrogens (tertiary/aromatic N) is 2. The van der Waals surface area contributed by atoms with Gasteiger partial charge in [0.2, 0.25) is 0 Å². The van der Waals surface area contributed by atoms with E-state index in [2.05, 4.69) is 10.4 Å². The first-order valence-corrected chi connectivity index (χ1v) is 7.16. The van der Waals surface area contributed by atoms with Crippen LogP contribution < -0.4 is 5.32 Å². The Hall–Kier alpha value is -2.31. The molecule has 0 aliphatic rings. The van der Waals surface area contributed by atoms with Crippen LogP contribution >= 0.6 is 0 Å². The van der Waals surface area contributed by atoms with E-state index in [9.17, 15) is 18.0 Å². The topological polar surface area (TPSA) is 46.9 Å². The quantitative estimate of drug-likeness (QED) is 0.938. The molecule has 1 aromatic heterocycles. The first-order chi connectivity index (χ1) is 10.7. The van der Waals surface area contributed by atoms with E-state index in [1.54, 1.807) is 4.68 Å². The van der Waals surface area contributed by atoms with Crippen molar-refractivity contribution in [2.45, 2.75) is 33.5 Å². The maximum Gasteiger partial charge on any atom is 0.416 e. The predicted molar refractivity (Wildman–Crippen MR) is 80.2 cm³/mol. The molecule has 0 saturated carbocycles. The van der Waals surface area contributed by atoms with Gasteiger partial charge < -0.3 is 5.32 Å². The van der Waals surface area contributed by atoms with Crippen LogP contribution in [0.2, 0.25) is 0 Å². The highest BCUT2D eigenvalue weighted by Crippen LogP contribution is 2.29. The molecule has 2 aromatic rings. The number of hydrogen-bond acceptors (Lipinski definition) is 2. The van der Waals surface area contributed by atoms with E-state index in [-0.39, 0.29) is 5.56 Å². The molecule has 1 heterocycles. The number of halogens is 3. The minimum atomic E-state index is -4.40. The molecule has 2 rings (SSSR count). The summed E-state index contributed by atoms with van der Waals surface area (Å²) >= 11 is 0. The van der Waals surface area contributed by atoms with Crippen molar-refractivity contribution in [3.63, 3.8) is 0 Å². The van der Waals surface area contributed by atoms with Crippen molar-refractivity contribution in [3.8, 4) is 0 Å². The fourth-order valence-corrected chi connectivity index (χ4v) is 2.19. The van der Waals surface area contributed by atoms with Crippen molar-refractivity contribution in [1.82, 2.24) is 15.1 Å². The van der Waals surface area contributed by atoms with E-state index >= 15 is 0 Å². The number of hydrogen-bond donors (Lipinski definition) is 1. The second-order valence-corrected chi connectivity index (χ2v) is 5.35. The number of amides is 1. The number of carbonyl (C=O) groups is 1. The van der Waals surface area contributed by atoms with E-state index in [0.717, 1.165) is 29.1 Å². The molecule has 124 valence electrons. The lowest BCUT2D eigenvalue weighted by molar-refractivity contribution is -0.137. The highest BCUT2D eigenvalue weighted by Gasteiger charge is 2.30. The van der Waals surface area contributed by atoms with Gasteiger partial charge in [-0.2, -0.15) is 18.3 Å². The molecule has 1 amide bonds. The highest BCUT2D eigenvalue weighted by molar-refractivity contribution is 5.94. The van der Waals surface area contributed by atoms with Crippen molar-refractivity contribution in [3.05, 3.63) is 52.3 Å². The van der Waals surface area contributed by atoms with E-state index in [1.165, 1.54) is 12.1 Å². The maximum absolute atomic E-state index is 12.5. The normalized spacial score (nSPS) is 11.6. The lowest BCUT2D eigenvalue weighted by Crippen LogP contribution is -2.27. The summed E-state index contributed by atoms with van der Waals surface area (Å²) in [6.07, 6.45) is -4.40. The molecule has 0 atom stereocenters. The fourth-order valence-electron chi connectivity index (χ4n) is 2.19. The van der Waals surface area contributed by atoms with Crippen LogP contribution in [-0.2, 0) is 12.7 Å². The molecule has 0 saturated heterocycles. The summed E-state index contributed by atoms with van der Waals surface area (Å²) in [5.41, 5.74) is 2.51. The van der Waals surface area contributed by atoms with Crippen LogP contribution in [0.15, 0.2) is 24.3 Å². The van der Waals surface area contributed by atoms with Gasteiger partial charge in [0.15, 0.2) is 0 Å². The standard InChI is InChI=1S/C16H18F3N3O/c1-10-11(2)21-22(12(10)3)9-8-20-15(23)13-4-6-14(7-5-13)16(17,18)19/h4-7H,8-9H2,1-3H3,(H,20,23). The first-order valence-electron chi connectivity index (χ1n) is 7.16. The molecule has 0 spiro atoms. The number of aromatic nitrogens is 2. The Labute approximate surface area is 132 Å². The molecule has 23 heavy (non-hydrogen) atoms. The van der Waals surface area contributed by atoms with Crippen LogP contribution in [0.4, 0.5) is 13.2 Å². The van der Waals surface area contributed by atoms with E-state index in [4.69, 9.17) is 0 Å². The van der Waals surface area contributed by atoms with Gasteiger partial charge in [0.05, 0.1) is 17.8 Å². The summed E-state index contributed by atoms with van der Waals surface area (Å²) in [4.78, 5) is 11.9. The maximum atomic E-state index is 12.5. The summed E-state index contributed by atoms with van der Waals surface area (Å²) in [6.45, 7) is 6.70. The van der Waals surface area contributed by atoms with Gasteiger partial charge in [0.25, 0.3) is 5.91 Å². The van der Waals surface area contributed by atoms with Gasteiger partial charge in [-0.3, -0.25) is 9.48 Å². The fraction of sp³-hybridized carbons (Fsp3) is 0.375. The summed E-state index contributed by atoms with van der Waals surface area (Å²) in [7, 11) is 0. The second-order valence-electron chi connectivity index (χ2n) is 5.35. The number of rotatable bonds is 4. The lowest BCUT2D eigenvalue weighted by atomic mass is 10.1. The third kappa shape index (κ3) is 3.91. The van der Waals surface area contributed by atoms with Crippen molar-refractivity contribution >= 4 is 5.91 Å². The molecular weight excluding hydrogens is 307 g/mol. The van der Waals surface area contributed by atoms with E-state index in [0.29, 0.717) is 13.1 Å². The van der Waals surface area contributed by atoms with Gasteiger partial charge in [-0.25, -0.2) is 0 Å². The number of carbonyl (C=O) groups excluding carboxylic acids is 1. The zero-order valence-electron chi connectivity index (χ0n) is 13.2. The Morgan fingerprint density at radius 2 is 1.78 bits per heavy atom. The molecule has 0 bridgehead atoms. The van der Waals surface area contributed by atoms with Crippen LogP contribution in [-0.4, -0.2) is 22.2 Å². The third-order valence-corrected chi connectivity index (χ3v) is 3.83. The van der Waals surface area contributed by atoms with Crippen LogP contribution in [0.1, 0.15) is 32.9 Å². The molecule has 0 aliphatic carbocycles. The van der Waals surface area contributed by atoms with E-state index in [1.807, 2.05) is 20.8 Å². The van der Waals surface area contributed by atoms with Gasteiger partial charge in [-0.15, -0.1) is 0 Å². The van der Waals surface area contributed by atoms with Crippen molar-refractivity contribution in [1.29, 1.82) is 0 Å². The molecule has 0 radical (unpaired) electrons. The van der Waals surface area contributed by atoms with Gasteiger partial charge >= 0.3 is 6.18 Å². The van der Waals surface area contributed by atoms with Gasteiger partial charge in [-0.05, 0) is 50.6 Å². The molecule has 7 heteroatoms. The van der Waals surface area contributed by atoms with Crippen molar-refractivity contribution < 1.29 is 18.0 Å². The van der Waals surface area contributed by atoms with Gasteiger partial charge in [0.1, 0.15) is 0 Å². The Morgan fingerprint density at radius 1 is 1.17 bits per heavy atom. The highest BCUT2D eigenvalue weighted by atomic mass is 19.4. The molecule has 1 aromatic carbocycles. The molecule has 4 nitrogen and oxygen atoms in total. The lowest BCUT2D eigenvalue weighted by Gasteiger charge is -2.09. The number of benzene rings is 1. The minimum Gasteiger partial charge on any atom is -0.350 e. The van der Waals surface area contributed by atoms with Crippen molar-refractivity contribution in [2.24, 2.45) is 0 Å². The molecule has 0 fully saturated rings. The summed E-state index contributed by atoms with van der Waals surface area (Å²) in [5, 5.41) is 7.04. The second kappa shape index (κ2) is 6.44. The van der Waals surface area contributed by atoms with Crippen molar-refractivity contribution in [2.75, 3.05) is 6.54 Å². The van der Waals surface area contributed by atoms with Crippen LogP contribution in [0, 0.1) is 20.8 Å². The number of aryl methyl sites for hydroxylation is 1. The predicted octanol–water partition coefficient (Wildman–Crippen LogP) is 3.26. The largest absolute Gasteiger partial charge is 0.416 e. The summed E-state index contributed by atoms with van der Waals surface area (Å²) in [6, 6.07) is 4.15. The van der Waals surface area contributed by atoms with Gasteiger partial charge in [-0.1, -0.05) is 0 Å². The monoisotopic (exact) mass is 325 g/mol. The average Bonchev–Trinajstić information content (AvgIpc) is 2.74. The van der Waals surface area contributed by atoms with Gasteiger partial charge in [0, 0.05) is 17.8 Å². The number of alkyl halides is 3. The Kier molecular flexibility index (Phi) is 4.77. The van der Waals surface area contributed by atoms with Crippen LogP contribution in [0.3, 0.4) is 0 Å². The first kappa shape index (κ1) is 17.1. The van der Waals surface area contributed by atoms with Crippen LogP contribution in [0.5, 0.6) is 0 Å². The smallest absolute Gasteiger partial charge is 0.350 e. The summed E-state index contributed by atoms with van der Waals surface area (Å²) < 4.78 is 39.2. The molecule has 1 N–H and O–H groups in total. The van der Waals surface area contributed by atoms with Crippen LogP contribution in [0.25, 0.3) is 0 Å². The molecule has 0 unspecified atom stereocenters. The average molecular weight is 325 g/mol. The third-order valence-electron chi connectivity index (χ3n) is 3.83. The number of nitrogens with one attached hydrogen (secondary N) is 1. The Bertz CT molecular complexity index is 703. The Morgan fingerprint density at radius 3 is 2.26 bits per heavy atom. The molecular formula is C16H18F3N3O. The minimum absolute atomic E-state index is 0.197. The Balaban J connectivity index is 1.93. The van der Waals surface area contributed by atoms with E-state index < -0.39 is 17.6 Å². The zero-order valence-corrected chi connectivity index (χ0v) is 13.2.